The van der Waals surface area contributed by atoms with Gasteiger partial charge in [0.15, 0.2) is 0 Å². The number of hydrogen-bond acceptors (Lipinski definition) is 5. The molecule has 7 heteroatoms. The van der Waals surface area contributed by atoms with E-state index in [9.17, 15) is 10.1 Å². The van der Waals surface area contributed by atoms with E-state index in [0.717, 1.165) is 12.8 Å². The predicted octanol–water partition coefficient (Wildman–Crippen LogP) is 1.65. The number of aryl methyl sites for hydroxylation is 1. The number of aromatic nitrogens is 2. The van der Waals surface area contributed by atoms with Crippen molar-refractivity contribution in [3.63, 3.8) is 0 Å². The van der Waals surface area contributed by atoms with Crippen LogP contribution in [-0.4, -0.2) is 27.3 Å². The lowest BCUT2D eigenvalue weighted by Crippen LogP contribution is -2.37. The standard InChI is InChI=1S/C12H21N5O2/c1-16-8-11(17(18)19)12(15-16)14-10(7-13)9-5-3-2-4-6-9/h8-10H,2-7,13H2,1H3,(H,14,15). The van der Waals surface area contributed by atoms with Crippen LogP contribution in [0.25, 0.3) is 0 Å². The molecule has 0 bridgehead atoms. The van der Waals surface area contributed by atoms with Crippen LogP contribution in [-0.2, 0) is 7.05 Å². The maximum atomic E-state index is 11.0. The van der Waals surface area contributed by atoms with E-state index < -0.39 is 4.92 Å². The van der Waals surface area contributed by atoms with Gasteiger partial charge in [0.1, 0.15) is 6.20 Å². The van der Waals surface area contributed by atoms with Crippen molar-refractivity contribution in [2.45, 2.75) is 38.1 Å². The van der Waals surface area contributed by atoms with Gasteiger partial charge in [-0.3, -0.25) is 14.8 Å². The molecule has 0 saturated heterocycles. The zero-order valence-corrected chi connectivity index (χ0v) is 11.2. The molecule has 0 spiro atoms. The van der Waals surface area contributed by atoms with Crippen LogP contribution >= 0.6 is 0 Å². The summed E-state index contributed by atoms with van der Waals surface area (Å²) in [7, 11) is 1.68. The minimum Gasteiger partial charge on any atom is -0.359 e. The van der Waals surface area contributed by atoms with Gasteiger partial charge in [-0.05, 0) is 18.8 Å². The van der Waals surface area contributed by atoms with E-state index in [4.69, 9.17) is 5.73 Å². The summed E-state index contributed by atoms with van der Waals surface area (Å²) in [5.41, 5.74) is 5.83. The molecular weight excluding hydrogens is 246 g/mol. The first-order chi connectivity index (χ1) is 9.11. The summed E-state index contributed by atoms with van der Waals surface area (Å²) < 4.78 is 1.45. The molecule has 1 fully saturated rings. The van der Waals surface area contributed by atoms with Gasteiger partial charge in [0, 0.05) is 19.6 Å². The fourth-order valence-electron chi connectivity index (χ4n) is 2.79. The average molecular weight is 267 g/mol. The van der Waals surface area contributed by atoms with Crippen LogP contribution in [0.4, 0.5) is 11.5 Å². The lowest BCUT2D eigenvalue weighted by atomic mass is 9.84. The summed E-state index contributed by atoms with van der Waals surface area (Å²) >= 11 is 0. The molecule has 1 aliphatic carbocycles. The van der Waals surface area contributed by atoms with E-state index in [-0.39, 0.29) is 11.7 Å². The molecule has 106 valence electrons. The van der Waals surface area contributed by atoms with Gasteiger partial charge in [-0.25, -0.2) is 0 Å². The van der Waals surface area contributed by atoms with Gasteiger partial charge in [0.25, 0.3) is 0 Å². The third-order valence-corrected chi connectivity index (χ3v) is 3.80. The second kappa shape index (κ2) is 6.01. The van der Waals surface area contributed by atoms with Crippen LogP contribution in [0.5, 0.6) is 0 Å². The third kappa shape index (κ3) is 3.23. The molecule has 1 heterocycles. The van der Waals surface area contributed by atoms with Gasteiger partial charge >= 0.3 is 5.69 Å². The zero-order chi connectivity index (χ0) is 13.8. The lowest BCUT2D eigenvalue weighted by molar-refractivity contribution is -0.384. The molecule has 1 unspecified atom stereocenters. The Labute approximate surface area is 112 Å². The molecule has 1 saturated carbocycles. The van der Waals surface area contributed by atoms with Gasteiger partial charge in [-0.15, -0.1) is 5.10 Å². The quantitative estimate of drug-likeness (QED) is 0.624. The number of hydrogen-bond donors (Lipinski definition) is 2. The highest BCUT2D eigenvalue weighted by Crippen LogP contribution is 2.29. The Morgan fingerprint density at radius 1 is 1.58 bits per heavy atom. The molecule has 7 nitrogen and oxygen atoms in total. The van der Waals surface area contributed by atoms with Crippen molar-refractivity contribution in [3.8, 4) is 0 Å². The van der Waals surface area contributed by atoms with Crippen molar-refractivity contribution in [2.24, 2.45) is 18.7 Å². The summed E-state index contributed by atoms with van der Waals surface area (Å²) in [6.07, 6.45) is 7.39. The molecule has 19 heavy (non-hydrogen) atoms. The molecule has 0 aliphatic heterocycles. The Kier molecular flexibility index (Phi) is 4.36. The van der Waals surface area contributed by atoms with E-state index in [1.54, 1.807) is 7.05 Å². The molecule has 0 aromatic carbocycles. The van der Waals surface area contributed by atoms with Gasteiger partial charge in [0.2, 0.25) is 5.82 Å². The molecule has 0 radical (unpaired) electrons. The first-order valence-corrected chi connectivity index (χ1v) is 6.76. The molecule has 1 aliphatic rings. The average Bonchev–Trinajstić information content (AvgIpc) is 2.78. The van der Waals surface area contributed by atoms with Crippen molar-refractivity contribution in [2.75, 3.05) is 11.9 Å². The van der Waals surface area contributed by atoms with E-state index in [1.807, 2.05) is 0 Å². The number of rotatable bonds is 5. The zero-order valence-electron chi connectivity index (χ0n) is 11.2. The lowest BCUT2D eigenvalue weighted by Gasteiger charge is -2.29. The van der Waals surface area contributed by atoms with Crippen molar-refractivity contribution in [1.82, 2.24) is 9.78 Å². The number of anilines is 1. The molecular formula is C12H21N5O2. The van der Waals surface area contributed by atoms with E-state index in [0.29, 0.717) is 18.3 Å². The van der Waals surface area contributed by atoms with Crippen LogP contribution in [0, 0.1) is 16.0 Å². The Hall–Kier alpha value is -1.63. The Morgan fingerprint density at radius 2 is 2.26 bits per heavy atom. The van der Waals surface area contributed by atoms with E-state index in [1.165, 1.54) is 30.1 Å². The number of nitro groups is 1. The minimum absolute atomic E-state index is 0.0109. The summed E-state index contributed by atoms with van der Waals surface area (Å²) in [5, 5.41) is 18.3. The third-order valence-electron chi connectivity index (χ3n) is 3.80. The smallest absolute Gasteiger partial charge is 0.330 e. The van der Waals surface area contributed by atoms with Crippen molar-refractivity contribution >= 4 is 11.5 Å². The maximum Gasteiger partial charge on any atom is 0.330 e. The predicted molar refractivity (Wildman–Crippen MR) is 72.9 cm³/mol. The Bertz CT molecular complexity index is 439. The minimum atomic E-state index is -0.413. The van der Waals surface area contributed by atoms with E-state index >= 15 is 0 Å². The van der Waals surface area contributed by atoms with Crippen LogP contribution in [0.1, 0.15) is 32.1 Å². The molecule has 1 aromatic heterocycles. The molecule has 2 rings (SSSR count). The van der Waals surface area contributed by atoms with Crippen molar-refractivity contribution in [1.29, 1.82) is 0 Å². The van der Waals surface area contributed by atoms with Gasteiger partial charge < -0.3 is 11.1 Å². The van der Waals surface area contributed by atoms with Gasteiger partial charge in [-0.1, -0.05) is 19.3 Å². The van der Waals surface area contributed by atoms with Gasteiger partial charge in [0.05, 0.1) is 4.92 Å². The van der Waals surface area contributed by atoms with Gasteiger partial charge in [-0.2, -0.15) is 0 Å². The second-order valence-corrected chi connectivity index (χ2v) is 5.18. The first kappa shape index (κ1) is 13.8. The summed E-state index contributed by atoms with van der Waals surface area (Å²) in [5.74, 6) is 0.814. The molecule has 1 atom stereocenters. The SMILES string of the molecule is Cn1cc([N+](=O)[O-])c(NC(CN)C2CCCCC2)n1. The summed E-state index contributed by atoms with van der Waals surface area (Å²) in [4.78, 5) is 10.5. The number of nitrogens with two attached hydrogens (primary N) is 1. The second-order valence-electron chi connectivity index (χ2n) is 5.18. The Morgan fingerprint density at radius 3 is 2.84 bits per heavy atom. The number of nitrogens with one attached hydrogen (secondary N) is 1. The largest absolute Gasteiger partial charge is 0.359 e. The first-order valence-electron chi connectivity index (χ1n) is 6.76. The topological polar surface area (TPSA) is 99.0 Å². The molecule has 3 N–H and O–H groups in total. The summed E-state index contributed by atoms with van der Waals surface area (Å²) in [6.45, 7) is 0.471. The van der Waals surface area contributed by atoms with Crippen molar-refractivity contribution < 1.29 is 4.92 Å². The molecule has 1 aromatic rings. The fraction of sp³-hybridized carbons (Fsp3) is 0.750. The van der Waals surface area contributed by atoms with Crippen LogP contribution in [0.2, 0.25) is 0 Å². The van der Waals surface area contributed by atoms with Crippen LogP contribution in [0.3, 0.4) is 0 Å². The Balaban J connectivity index is 2.11. The maximum absolute atomic E-state index is 11.0. The normalized spacial score (nSPS) is 18.2. The highest BCUT2D eigenvalue weighted by atomic mass is 16.6. The summed E-state index contributed by atoms with van der Waals surface area (Å²) in [6, 6.07) is 0.0638. The fourth-order valence-corrected chi connectivity index (χ4v) is 2.79. The monoisotopic (exact) mass is 267 g/mol. The number of nitrogens with zero attached hydrogens (tertiary/aromatic N) is 3. The van der Waals surface area contributed by atoms with E-state index in [2.05, 4.69) is 10.4 Å². The van der Waals surface area contributed by atoms with Crippen molar-refractivity contribution in [3.05, 3.63) is 16.3 Å². The molecule has 0 amide bonds. The van der Waals surface area contributed by atoms with Crippen LogP contribution in [0.15, 0.2) is 6.20 Å². The highest BCUT2D eigenvalue weighted by molar-refractivity contribution is 5.55. The highest BCUT2D eigenvalue weighted by Gasteiger charge is 2.26. The van der Waals surface area contributed by atoms with Crippen LogP contribution < -0.4 is 11.1 Å².